The van der Waals surface area contributed by atoms with Crippen LogP contribution in [0.2, 0.25) is 5.02 Å². The van der Waals surface area contributed by atoms with Crippen molar-refractivity contribution in [2.75, 3.05) is 42.9 Å². The van der Waals surface area contributed by atoms with Gasteiger partial charge in [-0.2, -0.15) is 0 Å². The first-order chi connectivity index (χ1) is 15.6. The number of carbonyl (C=O) groups excluding carboxylic acids is 2. The van der Waals surface area contributed by atoms with Crippen LogP contribution in [0.1, 0.15) is 16.1 Å². The number of nitrogens with one attached hydrogen (secondary N) is 2. The van der Waals surface area contributed by atoms with Gasteiger partial charge in [0.05, 0.1) is 41.3 Å². The lowest BCUT2D eigenvalue weighted by Crippen LogP contribution is -2.48. The monoisotopic (exact) mass is 452 g/mol. The van der Waals surface area contributed by atoms with Crippen molar-refractivity contribution < 1.29 is 14.0 Å². The molecule has 2 N–H and O–H groups in total. The van der Waals surface area contributed by atoms with Crippen LogP contribution in [-0.4, -0.2) is 49.4 Å². The molecular formula is C24H25ClN4O3. The molecule has 4 rings (SSSR count). The second kappa shape index (κ2) is 10.3. The Labute approximate surface area is 191 Å². The minimum atomic E-state index is -0.273. The first-order valence-corrected chi connectivity index (χ1v) is 10.9. The highest BCUT2D eigenvalue weighted by molar-refractivity contribution is 6.33. The summed E-state index contributed by atoms with van der Waals surface area (Å²) in [7, 11) is 0. The highest BCUT2D eigenvalue weighted by atomic mass is 35.5. The number of carbonyl (C=O) groups is 2. The van der Waals surface area contributed by atoms with E-state index in [1.54, 1.807) is 42.7 Å². The van der Waals surface area contributed by atoms with Gasteiger partial charge in [-0.1, -0.05) is 35.9 Å². The molecule has 0 radical (unpaired) electrons. The minimum Gasteiger partial charge on any atom is -0.467 e. The highest BCUT2D eigenvalue weighted by Crippen LogP contribution is 2.26. The van der Waals surface area contributed by atoms with Gasteiger partial charge >= 0.3 is 0 Å². The van der Waals surface area contributed by atoms with Crippen LogP contribution in [0, 0.1) is 0 Å². The molecular weight excluding hydrogens is 428 g/mol. The molecule has 0 unspecified atom stereocenters. The molecule has 1 aromatic heterocycles. The predicted octanol–water partition coefficient (Wildman–Crippen LogP) is 3.62. The zero-order chi connectivity index (χ0) is 22.3. The summed E-state index contributed by atoms with van der Waals surface area (Å²) in [5.41, 5.74) is 1.92. The zero-order valence-corrected chi connectivity index (χ0v) is 18.3. The van der Waals surface area contributed by atoms with Crippen molar-refractivity contribution in [2.45, 2.75) is 6.54 Å². The van der Waals surface area contributed by atoms with Gasteiger partial charge in [-0.3, -0.25) is 14.5 Å². The number of rotatable bonds is 7. The third-order valence-corrected chi connectivity index (χ3v) is 5.70. The summed E-state index contributed by atoms with van der Waals surface area (Å²) in [6.07, 6.45) is 1.56. The number of hydrogen-bond acceptors (Lipinski definition) is 5. The first-order valence-electron chi connectivity index (χ1n) is 10.5. The summed E-state index contributed by atoms with van der Waals surface area (Å²) in [5, 5.41) is 6.43. The SMILES string of the molecule is O=C(CN1CCN(c2ccccc2Cl)CC1)Nc1ccccc1C(=O)NCc1ccco1. The van der Waals surface area contributed by atoms with Gasteiger partial charge in [-0.15, -0.1) is 0 Å². The Morgan fingerprint density at radius 1 is 0.938 bits per heavy atom. The summed E-state index contributed by atoms with van der Waals surface area (Å²) in [6, 6.07) is 18.3. The fraction of sp³-hybridized carbons (Fsp3) is 0.250. The van der Waals surface area contributed by atoms with Crippen LogP contribution < -0.4 is 15.5 Å². The number of halogens is 1. The molecule has 0 aliphatic carbocycles. The first kappa shape index (κ1) is 21.9. The van der Waals surface area contributed by atoms with Gasteiger partial charge in [0.1, 0.15) is 5.76 Å². The maximum atomic E-state index is 12.7. The van der Waals surface area contributed by atoms with Crippen molar-refractivity contribution in [1.82, 2.24) is 10.2 Å². The van der Waals surface area contributed by atoms with Crippen LogP contribution in [0.4, 0.5) is 11.4 Å². The maximum absolute atomic E-state index is 12.7. The number of benzene rings is 2. The molecule has 166 valence electrons. The Bertz CT molecular complexity index is 1060. The highest BCUT2D eigenvalue weighted by Gasteiger charge is 2.21. The standard InChI is InChI=1S/C24H25ClN4O3/c25-20-8-2-4-10-22(20)29-13-11-28(12-14-29)17-23(30)27-21-9-3-1-7-19(21)24(31)26-16-18-6-5-15-32-18/h1-10,15H,11-14,16-17H2,(H,26,31)(H,27,30). The van der Waals surface area contributed by atoms with Gasteiger partial charge < -0.3 is 20.0 Å². The molecule has 1 aliphatic heterocycles. The van der Waals surface area contributed by atoms with E-state index in [0.717, 1.165) is 36.9 Å². The lowest BCUT2D eigenvalue weighted by atomic mass is 10.1. The van der Waals surface area contributed by atoms with E-state index in [1.807, 2.05) is 24.3 Å². The fourth-order valence-corrected chi connectivity index (χ4v) is 3.97. The van der Waals surface area contributed by atoms with Gasteiger partial charge in [-0.05, 0) is 36.4 Å². The van der Waals surface area contributed by atoms with Crippen LogP contribution in [0.3, 0.4) is 0 Å². The van der Waals surface area contributed by atoms with Crippen molar-refractivity contribution in [2.24, 2.45) is 0 Å². The molecule has 2 heterocycles. The lowest BCUT2D eigenvalue weighted by Gasteiger charge is -2.36. The van der Waals surface area contributed by atoms with E-state index in [1.165, 1.54) is 0 Å². The molecule has 0 atom stereocenters. The van der Waals surface area contributed by atoms with Gasteiger partial charge in [0.2, 0.25) is 5.91 Å². The fourth-order valence-electron chi connectivity index (χ4n) is 3.71. The molecule has 0 spiro atoms. The number of para-hydroxylation sites is 2. The Morgan fingerprint density at radius 2 is 1.69 bits per heavy atom. The molecule has 1 fully saturated rings. The Balaban J connectivity index is 1.30. The third-order valence-electron chi connectivity index (χ3n) is 5.38. The summed E-state index contributed by atoms with van der Waals surface area (Å²) >= 11 is 6.30. The second-order valence-electron chi connectivity index (χ2n) is 7.57. The molecule has 1 saturated heterocycles. The average molecular weight is 453 g/mol. The molecule has 7 nitrogen and oxygen atoms in total. The molecule has 0 bridgehead atoms. The number of piperazine rings is 1. The summed E-state index contributed by atoms with van der Waals surface area (Å²) < 4.78 is 5.24. The van der Waals surface area contributed by atoms with Crippen molar-refractivity contribution in [1.29, 1.82) is 0 Å². The summed E-state index contributed by atoms with van der Waals surface area (Å²) in [5.74, 6) is 0.240. The summed E-state index contributed by atoms with van der Waals surface area (Å²) in [6.45, 7) is 3.64. The van der Waals surface area contributed by atoms with Gasteiger partial charge in [0, 0.05) is 26.2 Å². The van der Waals surface area contributed by atoms with Crippen LogP contribution in [-0.2, 0) is 11.3 Å². The Kier molecular flexibility index (Phi) is 7.09. The molecule has 0 saturated carbocycles. The second-order valence-corrected chi connectivity index (χ2v) is 7.98. The van der Waals surface area contributed by atoms with Crippen LogP contribution in [0.25, 0.3) is 0 Å². The van der Waals surface area contributed by atoms with Gasteiger partial charge in [0.15, 0.2) is 0 Å². The molecule has 2 amide bonds. The predicted molar refractivity (Wildman–Crippen MR) is 125 cm³/mol. The van der Waals surface area contributed by atoms with Crippen molar-refractivity contribution in [3.63, 3.8) is 0 Å². The number of amides is 2. The van der Waals surface area contributed by atoms with E-state index in [0.29, 0.717) is 17.0 Å². The molecule has 32 heavy (non-hydrogen) atoms. The Hall–Kier alpha value is -3.29. The van der Waals surface area contributed by atoms with E-state index < -0.39 is 0 Å². The average Bonchev–Trinajstić information content (AvgIpc) is 3.32. The van der Waals surface area contributed by atoms with Gasteiger partial charge in [0.25, 0.3) is 5.91 Å². The van der Waals surface area contributed by atoms with Crippen molar-refractivity contribution in [3.8, 4) is 0 Å². The largest absolute Gasteiger partial charge is 0.467 e. The van der Waals surface area contributed by atoms with Crippen LogP contribution >= 0.6 is 11.6 Å². The van der Waals surface area contributed by atoms with E-state index >= 15 is 0 Å². The topological polar surface area (TPSA) is 77.8 Å². The summed E-state index contributed by atoms with van der Waals surface area (Å²) in [4.78, 5) is 29.6. The van der Waals surface area contributed by atoms with E-state index in [2.05, 4.69) is 20.4 Å². The smallest absolute Gasteiger partial charge is 0.253 e. The van der Waals surface area contributed by atoms with Crippen LogP contribution in [0.15, 0.2) is 71.3 Å². The maximum Gasteiger partial charge on any atom is 0.253 e. The van der Waals surface area contributed by atoms with Crippen molar-refractivity contribution >= 4 is 34.8 Å². The molecule has 2 aromatic carbocycles. The normalized spacial score (nSPS) is 14.2. The Morgan fingerprint density at radius 3 is 2.44 bits per heavy atom. The van der Waals surface area contributed by atoms with E-state index in [-0.39, 0.29) is 24.9 Å². The van der Waals surface area contributed by atoms with E-state index in [9.17, 15) is 9.59 Å². The lowest BCUT2D eigenvalue weighted by molar-refractivity contribution is -0.117. The number of anilines is 2. The minimum absolute atomic E-state index is 0.150. The van der Waals surface area contributed by atoms with Crippen molar-refractivity contribution in [3.05, 3.63) is 83.3 Å². The van der Waals surface area contributed by atoms with E-state index in [4.69, 9.17) is 16.0 Å². The van der Waals surface area contributed by atoms with Gasteiger partial charge in [-0.25, -0.2) is 0 Å². The number of hydrogen-bond donors (Lipinski definition) is 2. The number of nitrogens with zero attached hydrogens (tertiary/aromatic N) is 2. The van der Waals surface area contributed by atoms with Crippen LogP contribution in [0.5, 0.6) is 0 Å². The quantitative estimate of drug-likeness (QED) is 0.572. The molecule has 3 aromatic rings. The zero-order valence-electron chi connectivity index (χ0n) is 17.6. The number of furan rings is 1. The molecule has 1 aliphatic rings. The third kappa shape index (κ3) is 5.49. The molecule has 8 heteroatoms.